The summed E-state index contributed by atoms with van der Waals surface area (Å²) in [5, 5.41) is 6.13. The standard InChI is InChI=1S/C23H19ClN2O2S/c1-3-28-20-11-8-15(17-6-4-5-7-18(17)20)13-21-22(27)26-23(29-21)25-19-10-9-16(24)12-14(19)2/h4-13H,3H2,1-2H3,(H,25,26,27)/b21-13-. The number of hydrogen-bond donors (Lipinski definition) is 1. The maximum atomic E-state index is 12.5. The summed E-state index contributed by atoms with van der Waals surface area (Å²) in [7, 11) is 0. The highest BCUT2D eigenvalue weighted by Gasteiger charge is 2.24. The van der Waals surface area contributed by atoms with E-state index in [0.717, 1.165) is 33.3 Å². The number of hydrogen-bond acceptors (Lipinski definition) is 4. The number of nitrogens with one attached hydrogen (secondary N) is 1. The molecular weight excluding hydrogens is 404 g/mol. The van der Waals surface area contributed by atoms with Crippen molar-refractivity contribution in [3.63, 3.8) is 0 Å². The number of aryl methyl sites for hydroxylation is 1. The molecule has 1 N–H and O–H groups in total. The van der Waals surface area contributed by atoms with Gasteiger partial charge in [0.15, 0.2) is 5.17 Å². The van der Waals surface area contributed by atoms with Gasteiger partial charge in [-0.25, -0.2) is 4.99 Å². The number of fused-ring (bicyclic) bond motifs is 1. The van der Waals surface area contributed by atoms with Crippen molar-refractivity contribution in [2.75, 3.05) is 6.61 Å². The number of amidine groups is 1. The number of amides is 1. The summed E-state index contributed by atoms with van der Waals surface area (Å²) < 4.78 is 5.73. The number of halogens is 1. The topological polar surface area (TPSA) is 50.7 Å². The molecule has 4 nitrogen and oxygen atoms in total. The number of nitrogens with zero attached hydrogens (tertiary/aromatic N) is 1. The van der Waals surface area contributed by atoms with Crippen molar-refractivity contribution in [3.05, 3.63) is 75.7 Å². The third kappa shape index (κ3) is 4.16. The van der Waals surface area contributed by atoms with E-state index in [0.29, 0.717) is 21.7 Å². The fourth-order valence-corrected chi connectivity index (χ4v) is 4.23. The molecule has 1 aliphatic rings. The molecule has 0 spiro atoms. The zero-order chi connectivity index (χ0) is 20.4. The second-order valence-electron chi connectivity index (χ2n) is 6.54. The lowest BCUT2D eigenvalue weighted by Crippen LogP contribution is -2.19. The van der Waals surface area contributed by atoms with Gasteiger partial charge in [-0.3, -0.25) is 4.79 Å². The first-order valence-electron chi connectivity index (χ1n) is 9.25. The molecule has 1 fully saturated rings. The van der Waals surface area contributed by atoms with E-state index in [1.165, 1.54) is 11.8 Å². The fraction of sp³-hybridized carbons (Fsp3) is 0.130. The van der Waals surface area contributed by atoms with Crippen molar-refractivity contribution in [2.45, 2.75) is 13.8 Å². The van der Waals surface area contributed by atoms with E-state index in [-0.39, 0.29) is 5.91 Å². The Labute approximate surface area is 178 Å². The van der Waals surface area contributed by atoms with Crippen LogP contribution in [-0.2, 0) is 4.79 Å². The Hall–Kier alpha value is -2.76. The Morgan fingerprint density at radius 3 is 2.69 bits per heavy atom. The third-order valence-corrected chi connectivity index (χ3v) is 5.68. The molecule has 1 saturated heterocycles. The van der Waals surface area contributed by atoms with E-state index < -0.39 is 0 Å². The van der Waals surface area contributed by atoms with Gasteiger partial charge in [0.05, 0.1) is 17.2 Å². The van der Waals surface area contributed by atoms with Crippen LogP contribution in [0.5, 0.6) is 5.75 Å². The van der Waals surface area contributed by atoms with Crippen molar-refractivity contribution in [2.24, 2.45) is 4.99 Å². The lowest BCUT2D eigenvalue weighted by atomic mass is 10.0. The smallest absolute Gasteiger partial charge is 0.264 e. The van der Waals surface area contributed by atoms with Gasteiger partial charge in [0.25, 0.3) is 5.91 Å². The molecule has 6 heteroatoms. The largest absolute Gasteiger partial charge is 0.493 e. The van der Waals surface area contributed by atoms with E-state index in [2.05, 4.69) is 10.3 Å². The van der Waals surface area contributed by atoms with Crippen LogP contribution < -0.4 is 10.1 Å². The lowest BCUT2D eigenvalue weighted by molar-refractivity contribution is -0.115. The summed E-state index contributed by atoms with van der Waals surface area (Å²) in [5.74, 6) is 0.688. The van der Waals surface area contributed by atoms with Crippen LogP contribution in [0.3, 0.4) is 0 Å². The minimum atomic E-state index is -0.154. The maximum absolute atomic E-state index is 12.5. The minimum Gasteiger partial charge on any atom is -0.493 e. The highest BCUT2D eigenvalue weighted by atomic mass is 35.5. The first kappa shape index (κ1) is 19.6. The summed E-state index contributed by atoms with van der Waals surface area (Å²) in [4.78, 5) is 17.7. The highest BCUT2D eigenvalue weighted by Crippen LogP contribution is 2.34. The molecule has 29 heavy (non-hydrogen) atoms. The van der Waals surface area contributed by atoms with E-state index in [1.54, 1.807) is 6.07 Å². The number of carbonyl (C=O) groups is 1. The zero-order valence-corrected chi connectivity index (χ0v) is 17.6. The van der Waals surface area contributed by atoms with Crippen molar-refractivity contribution >= 4 is 57.0 Å². The first-order valence-corrected chi connectivity index (χ1v) is 10.4. The molecule has 1 amide bonds. The lowest BCUT2D eigenvalue weighted by Gasteiger charge is -2.09. The molecule has 0 atom stereocenters. The summed E-state index contributed by atoms with van der Waals surface area (Å²) in [6.45, 7) is 4.51. The maximum Gasteiger partial charge on any atom is 0.264 e. The second kappa shape index (κ2) is 8.31. The predicted molar refractivity (Wildman–Crippen MR) is 122 cm³/mol. The number of ether oxygens (including phenoxy) is 1. The van der Waals surface area contributed by atoms with Gasteiger partial charge in [-0.05, 0) is 72.5 Å². The van der Waals surface area contributed by atoms with Crippen LogP contribution in [0.4, 0.5) is 5.69 Å². The van der Waals surface area contributed by atoms with Gasteiger partial charge in [0.2, 0.25) is 0 Å². The van der Waals surface area contributed by atoms with E-state index in [1.807, 2.05) is 68.5 Å². The number of carbonyl (C=O) groups excluding carboxylic acids is 1. The minimum absolute atomic E-state index is 0.154. The predicted octanol–water partition coefficient (Wildman–Crippen LogP) is 6.09. The van der Waals surface area contributed by atoms with E-state index in [9.17, 15) is 4.79 Å². The summed E-state index contributed by atoms with van der Waals surface area (Å²) in [6, 6.07) is 17.4. The highest BCUT2D eigenvalue weighted by molar-refractivity contribution is 8.18. The molecule has 1 heterocycles. The number of benzene rings is 3. The Bertz CT molecular complexity index is 1170. The second-order valence-corrected chi connectivity index (χ2v) is 8.01. The summed E-state index contributed by atoms with van der Waals surface area (Å²) in [5.41, 5.74) is 2.70. The van der Waals surface area contributed by atoms with Gasteiger partial charge in [0.1, 0.15) is 5.75 Å². The Balaban J connectivity index is 1.68. The van der Waals surface area contributed by atoms with E-state index in [4.69, 9.17) is 16.3 Å². The molecule has 0 aromatic heterocycles. The van der Waals surface area contributed by atoms with Gasteiger partial charge in [0, 0.05) is 10.4 Å². The quantitative estimate of drug-likeness (QED) is 0.517. The van der Waals surface area contributed by atoms with Crippen LogP contribution in [0.15, 0.2) is 64.5 Å². The molecule has 3 aromatic carbocycles. The fourth-order valence-electron chi connectivity index (χ4n) is 3.18. The number of rotatable bonds is 4. The van der Waals surface area contributed by atoms with Crippen LogP contribution in [-0.4, -0.2) is 17.7 Å². The van der Waals surface area contributed by atoms with Crippen LogP contribution in [0.1, 0.15) is 18.1 Å². The summed E-state index contributed by atoms with van der Waals surface area (Å²) >= 11 is 7.34. The van der Waals surface area contributed by atoms with Gasteiger partial charge >= 0.3 is 0 Å². The average molecular weight is 423 g/mol. The van der Waals surface area contributed by atoms with Crippen molar-refractivity contribution in [3.8, 4) is 5.75 Å². The first-order chi connectivity index (χ1) is 14.0. The Morgan fingerprint density at radius 2 is 1.93 bits per heavy atom. The molecule has 0 saturated carbocycles. The number of thioether (sulfide) groups is 1. The molecule has 0 radical (unpaired) electrons. The molecule has 0 unspecified atom stereocenters. The molecule has 3 aromatic rings. The van der Waals surface area contributed by atoms with Gasteiger partial charge < -0.3 is 10.1 Å². The number of aliphatic imine (C=N–C) groups is 1. The van der Waals surface area contributed by atoms with Crippen molar-refractivity contribution < 1.29 is 9.53 Å². The molecular formula is C23H19ClN2O2S. The monoisotopic (exact) mass is 422 g/mol. The normalized spacial score (nSPS) is 16.6. The molecule has 4 rings (SSSR count). The zero-order valence-electron chi connectivity index (χ0n) is 16.0. The van der Waals surface area contributed by atoms with Gasteiger partial charge in [-0.1, -0.05) is 41.9 Å². The van der Waals surface area contributed by atoms with E-state index >= 15 is 0 Å². The third-order valence-electron chi connectivity index (χ3n) is 4.54. The van der Waals surface area contributed by atoms with Crippen LogP contribution in [0, 0.1) is 6.92 Å². The van der Waals surface area contributed by atoms with Gasteiger partial charge in [-0.2, -0.15) is 0 Å². The summed E-state index contributed by atoms with van der Waals surface area (Å²) in [6.07, 6.45) is 1.90. The van der Waals surface area contributed by atoms with Crippen LogP contribution in [0.25, 0.3) is 16.8 Å². The molecule has 146 valence electrons. The van der Waals surface area contributed by atoms with Crippen molar-refractivity contribution in [1.29, 1.82) is 0 Å². The Kier molecular flexibility index (Phi) is 5.60. The molecule has 0 bridgehead atoms. The SMILES string of the molecule is CCOc1ccc(/C=C2\SC(=Nc3ccc(Cl)cc3C)NC2=O)c2ccccc12. The van der Waals surface area contributed by atoms with Crippen LogP contribution >= 0.6 is 23.4 Å². The molecule has 1 aliphatic heterocycles. The Morgan fingerprint density at radius 1 is 1.14 bits per heavy atom. The average Bonchev–Trinajstić information content (AvgIpc) is 3.05. The van der Waals surface area contributed by atoms with Crippen molar-refractivity contribution in [1.82, 2.24) is 5.32 Å². The van der Waals surface area contributed by atoms with Crippen LogP contribution in [0.2, 0.25) is 5.02 Å². The molecule has 0 aliphatic carbocycles. The van der Waals surface area contributed by atoms with Gasteiger partial charge in [-0.15, -0.1) is 0 Å².